The summed E-state index contributed by atoms with van der Waals surface area (Å²) in [7, 11) is 0. The zero-order chi connectivity index (χ0) is 11.3. The van der Waals surface area contributed by atoms with E-state index in [4.69, 9.17) is 9.84 Å². The van der Waals surface area contributed by atoms with Gasteiger partial charge in [0, 0.05) is 6.07 Å². The van der Waals surface area contributed by atoms with Crippen molar-refractivity contribution < 1.29 is 19.4 Å². The van der Waals surface area contributed by atoms with Crippen LogP contribution in [0, 0.1) is 0 Å². The average molecular weight is 210 g/mol. The van der Waals surface area contributed by atoms with Crippen LogP contribution >= 0.6 is 0 Å². The van der Waals surface area contributed by atoms with Gasteiger partial charge >= 0.3 is 11.9 Å². The first kappa shape index (κ1) is 11.0. The smallest absolute Gasteiger partial charge is 0.394 e. The van der Waals surface area contributed by atoms with Gasteiger partial charge in [-0.2, -0.15) is 0 Å². The predicted molar refractivity (Wildman–Crippen MR) is 51.7 cm³/mol. The van der Waals surface area contributed by atoms with Crippen LogP contribution in [0.15, 0.2) is 18.3 Å². The molecule has 0 saturated heterocycles. The van der Waals surface area contributed by atoms with E-state index in [-0.39, 0.29) is 0 Å². The van der Waals surface area contributed by atoms with Gasteiger partial charge in [0.2, 0.25) is 5.88 Å². The Balaban J connectivity index is 2.64. The standard InChI is InChI=1S/C9H10N2O4/c1-2-15-7-4-3-6(5-10-7)11-8(12)9(13)14/h3-5H,2H2,1H3,(H,11,12)(H,13,14). The molecule has 0 aromatic carbocycles. The third kappa shape index (κ3) is 3.26. The van der Waals surface area contributed by atoms with Crippen molar-refractivity contribution in [1.29, 1.82) is 0 Å². The molecule has 2 N–H and O–H groups in total. The van der Waals surface area contributed by atoms with Crippen LogP contribution in [0.3, 0.4) is 0 Å². The van der Waals surface area contributed by atoms with E-state index in [0.29, 0.717) is 18.2 Å². The minimum absolute atomic E-state index is 0.311. The summed E-state index contributed by atoms with van der Waals surface area (Å²) >= 11 is 0. The third-order valence-electron chi connectivity index (χ3n) is 1.48. The molecule has 0 spiro atoms. The molecule has 0 fully saturated rings. The number of aromatic nitrogens is 1. The van der Waals surface area contributed by atoms with E-state index < -0.39 is 11.9 Å². The van der Waals surface area contributed by atoms with Gasteiger partial charge in [-0.25, -0.2) is 9.78 Å². The second kappa shape index (κ2) is 4.94. The maximum Gasteiger partial charge on any atom is 0.394 e. The van der Waals surface area contributed by atoms with Crippen LogP contribution in [0.25, 0.3) is 0 Å². The van der Waals surface area contributed by atoms with Crippen molar-refractivity contribution in [1.82, 2.24) is 4.98 Å². The fraction of sp³-hybridized carbons (Fsp3) is 0.222. The van der Waals surface area contributed by atoms with Gasteiger partial charge in [-0.05, 0) is 13.0 Å². The van der Waals surface area contributed by atoms with Crippen molar-refractivity contribution in [2.45, 2.75) is 6.92 Å². The molecule has 6 heteroatoms. The van der Waals surface area contributed by atoms with Gasteiger partial charge in [0.05, 0.1) is 18.5 Å². The summed E-state index contributed by atoms with van der Waals surface area (Å²) in [6.45, 7) is 2.32. The maximum absolute atomic E-state index is 10.8. The lowest BCUT2D eigenvalue weighted by Gasteiger charge is -2.03. The number of hydrogen-bond donors (Lipinski definition) is 2. The molecule has 0 aliphatic rings. The van der Waals surface area contributed by atoms with Crippen LogP contribution in [-0.4, -0.2) is 28.6 Å². The largest absolute Gasteiger partial charge is 0.478 e. The van der Waals surface area contributed by atoms with Gasteiger partial charge in [-0.1, -0.05) is 0 Å². The Labute approximate surface area is 85.9 Å². The number of pyridine rings is 1. The first-order chi connectivity index (χ1) is 7.13. The van der Waals surface area contributed by atoms with E-state index in [1.165, 1.54) is 12.3 Å². The van der Waals surface area contributed by atoms with Crippen molar-refractivity contribution in [3.8, 4) is 5.88 Å². The van der Waals surface area contributed by atoms with Crippen molar-refractivity contribution in [2.75, 3.05) is 11.9 Å². The number of aliphatic carboxylic acids is 1. The fourth-order valence-electron chi connectivity index (χ4n) is 0.872. The molecule has 1 heterocycles. The molecule has 0 radical (unpaired) electrons. The number of amides is 1. The zero-order valence-electron chi connectivity index (χ0n) is 8.06. The molecule has 80 valence electrons. The second-order valence-corrected chi connectivity index (χ2v) is 2.58. The van der Waals surface area contributed by atoms with E-state index in [1.54, 1.807) is 6.07 Å². The highest BCUT2D eigenvalue weighted by atomic mass is 16.5. The Bertz CT molecular complexity index is 361. The summed E-state index contributed by atoms with van der Waals surface area (Å²) in [6, 6.07) is 3.06. The monoisotopic (exact) mass is 210 g/mol. The Hall–Kier alpha value is -2.11. The van der Waals surface area contributed by atoms with Crippen molar-refractivity contribution in [2.24, 2.45) is 0 Å². The Morgan fingerprint density at radius 1 is 1.53 bits per heavy atom. The molecule has 0 saturated carbocycles. The molecule has 1 aromatic rings. The SMILES string of the molecule is CCOc1ccc(NC(=O)C(=O)O)cn1. The molecular weight excluding hydrogens is 200 g/mol. The summed E-state index contributed by atoms with van der Waals surface area (Å²) in [5.41, 5.74) is 0.311. The molecule has 0 atom stereocenters. The third-order valence-corrected chi connectivity index (χ3v) is 1.48. The first-order valence-electron chi connectivity index (χ1n) is 4.26. The summed E-state index contributed by atoms with van der Waals surface area (Å²) in [5.74, 6) is -2.21. The Kier molecular flexibility index (Phi) is 3.61. The van der Waals surface area contributed by atoms with E-state index in [2.05, 4.69) is 10.3 Å². The number of anilines is 1. The lowest BCUT2D eigenvalue weighted by atomic mass is 10.4. The van der Waals surface area contributed by atoms with Gasteiger partial charge < -0.3 is 15.2 Å². The predicted octanol–water partition coefficient (Wildman–Crippen LogP) is 0.503. The van der Waals surface area contributed by atoms with Gasteiger partial charge in [0.25, 0.3) is 0 Å². The normalized spacial score (nSPS) is 9.40. The number of carbonyl (C=O) groups is 2. The van der Waals surface area contributed by atoms with Crippen LogP contribution in [0.2, 0.25) is 0 Å². The molecular formula is C9H10N2O4. The van der Waals surface area contributed by atoms with E-state index in [0.717, 1.165) is 0 Å². The topological polar surface area (TPSA) is 88.5 Å². The molecule has 6 nitrogen and oxygen atoms in total. The quantitative estimate of drug-likeness (QED) is 0.709. The number of ether oxygens (including phenoxy) is 1. The zero-order valence-corrected chi connectivity index (χ0v) is 8.06. The number of carbonyl (C=O) groups excluding carboxylic acids is 1. The highest BCUT2D eigenvalue weighted by Gasteiger charge is 2.10. The average Bonchev–Trinajstić information content (AvgIpc) is 2.21. The van der Waals surface area contributed by atoms with Crippen LogP contribution in [-0.2, 0) is 9.59 Å². The minimum Gasteiger partial charge on any atom is -0.478 e. The molecule has 1 amide bonds. The number of carboxylic acid groups (broad SMARTS) is 1. The number of rotatable bonds is 3. The molecule has 0 aliphatic heterocycles. The summed E-state index contributed by atoms with van der Waals surface area (Å²) < 4.78 is 5.07. The van der Waals surface area contributed by atoms with Crippen LogP contribution in [0.4, 0.5) is 5.69 Å². The number of carboxylic acids is 1. The number of hydrogen-bond acceptors (Lipinski definition) is 4. The lowest BCUT2D eigenvalue weighted by molar-refractivity contribution is -0.147. The van der Waals surface area contributed by atoms with Crippen LogP contribution in [0.1, 0.15) is 6.92 Å². The summed E-state index contributed by atoms with van der Waals surface area (Å²) in [6.07, 6.45) is 1.33. The Morgan fingerprint density at radius 2 is 2.27 bits per heavy atom. The molecule has 1 aromatic heterocycles. The van der Waals surface area contributed by atoms with Crippen LogP contribution in [0.5, 0.6) is 5.88 Å². The highest BCUT2D eigenvalue weighted by Crippen LogP contribution is 2.11. The van der Waals surface area contributed by atoms with E-state index >= 15 is 0 Å². The van der Waals surface area contributed by atoms with Crippen molar-refractivity contribution >= 4 is 17.6 Å². The van der Waals surface area contributed by atoms with Gasteiger partial charge in [-0.15, -0.1) is 0 Å². The fourth-order valence-corrected chi connectivity index (χ4v) is 0.872. The molecule has 1 rings (SSSR count). The van der Waals surface area contributed by atoms with Gasteiger partial charge in [0.1, 0.15) is 0 Å². The second-order valence-electron chi connectivity index (χ2n) is 2.58. The first-order valence-corrected chi connectivity index (χ1v) is 4.26. The van der Waals surface area contributed by atoms with Gasteiger partial charge in [-0.3, -0.25) is 4.79 Å². The van der Waals surface area contributed by atoms with Crippen LogP contribution < -0.4 is 10.1 Å². The summed E-state index contributed by atoms with van der Waals surface area (Å²) in [5, 5.41) is 10.5. The van der Waals surface area contributed by atoms with Crippen molar-refractivity contribution in [3.63, 3.8) is 0 Å². The van der Waals surface area contributed by atoms with E-state index in [9.17, 15) is 9.59 Å². The molecule has 0 bridgehead atoms. The highest BCUT2D eigenvalue weighted by molar-refractivity contribution is 6.36. The maximum atomic E-state index is 10.8. The number of nitrogens with zero attached hydrogens (tertiary/aromatic N) is 1. The van der Waals surface area contributed by atoms with Crippen molar-refractivity contribution in [3.05, 3.63) is 18.3 Å². The lowest BCUT2D eigenvalue weighted by Crippen LogP contribution is -2.21. The minimum atomic E-state index is -1.54. The Morgan fingerprint density at radius 3 is 2.73 bits per heavy atom. The number of nitrogens with one attached hydrogen (secondary N) is 1. The van der Waals surface area contributed by atoms with Gasteiger partial charge in [0.15, 0.2) is 0 Å². The summed E-state index contributed by atoms with van der Waals surface area (Å²) in [4.78, 5) is 24.8. The molecule has 15 heavy (non-hydrogen) atoms. The molecule has 0 aliphatic carbocycles. The van der Waals surface area contributed by atoms with E-state index in [1.807, 2.05) is 6.92 Å². The molecule has 0 unspecified atom stereocenters.